The van der Waals surface area contributed by atoms with E-state index in [0.29, 0.717) is 24.5 Å². The summed E-state index contributed by atoms with van der Waals surface area (Å²) in [6, 6.07) is 6.90. The van der Waals surface area contributed by atoms with E-state index in [1.165, 1.54) is 4.90 Å². The molecular weight excluding hydrogens is 328 g/mol. The third-order valence-electron chi connectivity index (χ3n) is 3.40. The van der Waals surface area contributed by atoms with Crippen molar-refractivity contribution in [2.24, 2.45) is 0 Å². The first-order chi connectivity index (χ1) is 11.5. The van der Waals surface area contributed by atoms with Crippen molar-refractivity contribution >= 4 is 23.2 Å². The molecule has 0 fully saturated rings. The second-order valence-electron chi connectivity index (χ2n) is 5.20. The van der Waals surface area contributed by atoms with Crippen LogP contribution in [0.4, 0.5) is 0 Å². The van der Waals surface area contributed by atoms with Gasteiger partial charge in [-0.05, 0) is 32.0 Å². The number of rotatable bonds is 8. The van der Waals surface area contributed by atoms with Crippen molar-refractivity contribution in [2.45, 2.75) is 26.9 Å². The van der Waals surface area contributed by atoms with Gasteiger partial charge in [-0.1, -0.05) is 6.07 Å². The summed E-state index contributed by atoms with van der Waals surface area (Å²) in [6.07, 6.45) is -0.0705. The van der Waals surface area contributed by atoms with E-state index in [9.17, 15) is 9.59 Å². The highest BCUT2D eigenvalue weighted by Crippen LogP contribution is 2.17. The van der Waals surface area contributed by atoms with Gasteiger partial charge in [-0.3, -0.25) is 9.59 Å². The van der Waals surface area contributed by atoms with Gasteiger partial charge in [0.2, 0.25) is 0 Å². The molecule has 0 aliphatic heterocycles. The standard InChI is InChI=1S/C17H20N2O4S/c1-3-19(8-7-16(20)21)17(22)13-5-4-6-15(9-13)23-10-14-11-24-12(2)18-14/h4-6,9,11H,3,7-8,10H2,1-2H3,(H,20,21). The van der Waals surface area contributed by atoms with Gasteiger partial charge in [-0.25, -0.2) is 4.98 Å². The van der Waals surface area contributed by atoms with Gasteiger partial charge in [-0.2, -0.15) is 0 Å². The number of amides is 1. The zero-order chi connectivity index (χ0) is 17.5. The van der Waals surface area contributed by atoms with Crippen molar-refractivity contribution in [2.75, 3.05) is 13.1 Å². The van der Waals surface area contributed by atoms with E-state index < -0.39 is 5.97 Å². The molecule has 0 bridgehead atoms. The number of aryl methyl sites for hydroxylation is 1. The van der Waals surface area contributed by atoms with Gasteiger partial charge in [0, 0.05) is 24.0 Å². The highest BCUT2D eigenvalue weighted by Gasteiger charge is 2.15. The number of hydrogen-bond acceptors (Lipinski definition) is 5. The number of aromatic nitrogens is 1. The Bertz CT molecular complexity index is 714. The fraction of sp³-hybridized carbons (Fsp3) is 0.353. The molecule has 1 aromatic heterocycles. The van der Waals surface area contributed by atoms with Crippen LogP contribution in [-0.4, -0.2) is 40.0 Å². The second-order valence-corrected chi connectivity index (χ2v) is 6.27. The van der Waals surface area contributed by atoms with Gasteiger partial charge < -0.3 is 14.7 Å². The van der Waals surface area contributed by atoms with Crippen LogP contribution in [0.1, 0.15) is 34.4 Å². The number of carboxylic acid groups (broad SMARTS) is 1. The molecular formula is C17H20N2O4S. The maximum Gasteiger partial charge on any atom is 0.305 e. The molecule has 0 saturated heterocycles. The van der Waals surface area contributed by atoms with Gasteiger partial charge in [-0.15, -0.1) is 11.3 Å². The summed E-state index contributed by atoms with van der Waals surface area (Å²) < 4.78 is 5.69. The van der Waals surface area contributed by atoms with Gasteiger partial charge in [0.05, 0.1) is 17.1 Å². The Morgan fingerprint density at radius 2 is 2.17 bits per heavy atom. The lowest BCUT2D eigenvalue weighted by molar-refractivity contribution is -0.137. The van der Waals surface area contributed by atoms with Crippen LogP contribution in [0.3, 0.4) is 0 Å². The maximum atomic E-state index is 12.5. The maximum absolute atomic E-state index is 12.5. The Labute approximate surface area is 144 Å². The van der Waals surface area contributed by atoms with Crippen molar-refractivity contribution in [3.05, 3.63) is 45.9 Å². The number of hydrogen-bond donors (Lipinski definition) is 1. The van der Waals surface area contributed by atoms with Crippen LogP contribution in [0.2, 0.25) is 0 Å². The summed E-state index contributed by atoms with van der Waals surface area (Å²) in [5, 5.41) is 11.7. The fourth-order valence-corrected chi connectivity index (χ4v) is 2.76. The van der Waals surface area contributed by atoms with E-state index in [2.05, 4.69) is 4.98 Å². The van der Waals surface area contributed by atoms with Crippen molar-refractivity contribution in [1.82, 2.24) is 9.88 Å². The largest absolute Gasteiger partial charge is 0.487 e. The number of ether oxygens (including phenoxy) is 1. The first-order valence-corrected chi connectivity index (χ1v) is 8.52. The van der Waals surface area contributed by atoms with E-state index in [0.717, 1.165) is 10.7 Å². The summed E-state index contributed by atoms with van der Waals surface area (Å²) in [6.45, 7) is 4.75. The highest BCUT2D eigenvalue weighted by molar-refractivity contribution is 7.09. The SMILES string of the molecule is CCN(CCC(=O)O)C(=O)c1cccc(OCc2csc(C)n2)c1. The molecule has 0 saturated carbocycles. The molecule has 0 aliphatic carbocycles. The number of carboxylic acids is 1. The molecule has 2 aromatic rings. The normalized spacial score (nSPS) is 10.4. The summed E-state index contributed by atoms with van der Waals surface area (Å²) in [7, 11) is 0. The van der Waals surface area contributed by atoms with Crippen LogP contribution in [0.15, 0.2) is 29.6 Å². The molecule has 6 nitrogen and oxygen atoms in total. The lowest BCUT2D eigenvalue weighted by atomic mass is 10.2. The summed E-state index contributed by atoms with van der Waals surface area (Å²) in [5.41, 5.74) is 1.33. The van der Waals surface area contributed by atoms with E-state index in [1.54, 1.807) is 35.6 Å². The van der Waals surface area contributed by atoms with Gasteiger partial charge in [0.25, 0.3) is 5.91 Å². The van der Waals surface area contributed by atoms with Crippen LogP contribution < -0.4 is 4.74 Å². The third-order valence-corrected chi connectivity index (χ3v) is 4.22. The molecule has 128 valence electrons. The topological polar surface area (TPSA) is 79.7 Å². The van der Waals surface area contributed by atoms with E-state index >= 15 is 0 Å². The Morgan fingerprint density at radius 3 is 2.79 bits per heavy atom. The summed E-state index contributed by atoms with van der Waals surface area (Å²) in [5.74, 6) is -0.536. The summed E-state index contributed by atoms with van der Waals surface area (Å²) >= 11 is 1.56. The van der Waals surface area contributed by atoms with Crippen molar-refractivity contribution in [1.29, 1.82) is 0 Å². The molecule has 1 aromatic carbocycles. The van der Waals surface area contributed by atoms with E-state index in [-0.39, 0.29) is 18.9 Å². The molecule has 24 heavy (non-hydrogen) atoms. The molecule has 2 rings (SSSR count). The van der Waals surface area contributed by atoms with Crippen LogP contribution >= 0.6 is 11.3 Å². The zero-order valence-corrected chi connectivity index (χ0v) is 14.5. The average Bonchev–Trinajstić information content (AvgIpc) is 2.99. The molecule has 7 heteroatoms. The van der Waals surface area contributed by atoms with Crippen molar-refractivity contribution in [3.63, 3.8) is 0 Å². The second kappa shape index (κ2) is 8.44. The first-order valence-electron chi connectivity index (χ1n) is 7.64. The van der Waals surface area contributed by atoms with Crippen LogP contribution in [0.25, 0.3) is 0 Å². The van der Waals surface area contributed by atoms with Crippen molar-refractivity contribution in [3.8, 4) is 5.75 Å². The van der Waals surface area contributed by atoms with Crippen molar-refractivity contribution < 1.29 is 19.4 Å². The minimum absolute atomic E-state index is 0.0705. The Morgan fingerprint density at radius 1 is 1.38 bits per heavy atom. The molecule has 1 N–H and O–H groups in total. The highest BCUT2D eigenvalue weighted by atomic mass is 32.1. The molecule has 0 radical (unpaired) electrons. The Kier molecular flexibility index (Phi) is 6.31. The number of aliphatic carboxylic acids is 1. The van der Waals surface area contributed by atoms with Gasteiger partial charge >= 0.3 is 5.97 Å². The van der Waals surface area contributed by atoms with Crippen LogP contribution in [0.5, 0.6) is 5.75 Å². The summed E-state index contributed by atoms with van der Waals surface area (Å²) in [4.78, 5) is 29.0. The molecule has 1 heterocycles. The Balaban J connectivity index is 2.02. The first kappa shape index (κ1) is 17.9. The van der Waals surface area contributed by atoms with Gasteiger partial charge in [0.1, 0.15) is 12.4 Å². The lowest BCUT2D eigenvalue weighted by Crippen LogP contribution is -2.32. The van der Waals surface area contributed by atoms with Gasteiger partial charge in [0.15, 0.2) is 0 Å². The lowest BCUT2D eigenvalue weighted by Gasteiger charge is -2.20. The molecule has 0 aliphatic rings. The monoisotopic (exact) mass is 348 g/mol. The minimum Gasteiger partial charge on any atom is -0.487 e. The average molecular weight is 348 g/mol. The fourth-order valence-electron chi connectivity index (χ4n) is 2.17. The molecule has 0 unspecified atom stereocenters. The van der Waals surface area contributed by atoms with E-state index in [1.807, 2.05) is 19.2 Å². The quantitative estimate of drug-likeness (QED) is 0.793. The predicted molar refractivity (Wildman–Crippen MR) is 91.5 cm³/mol. The minimum atomic E-state index is -0.920. The number of carbonyl (C=O) groups excluding carboxylic acids is 1. The third kappa shape index (κ3) is 5.06. The van der Waals surface area contributed by atoms with Crippen LogP contribution in [0, 0.1) is 6.92 Å². The number of nitrogens with zero attached hydrogens (tertiary/aromatic N) is 2. The molecule has 0 atom stereocenters. The molecule has 0 spiro atoms. The predicted octanol–water partition coefficient (Wildman–Crippen LogP) is 2.97. The van der Waals surface area contributed by atoms with Crippen LogP contribution in [-0.2, 0) is 11.4 Å². The molecule has 1 amide bonds. The van der Waals surface area contributed by atoms with E-state index in [4.69, 9.17) is 9.84 Å². The number of thiazole rings is 1. The number of carbonyl (C=O) groups is 2. The zero-order valence-electron chi connectivity index (χ0n) is 13.7. The Hall–Kier alpha value is -2.41. The number of benzene rings is 1. The smallest absolute Gasteiger partial charge is 0.305 e.